The van der Waals surface area contributed by atoms with E-state index in [2.05, 4.69) is 4.98 Å². The number of nitrogens with zero attached hydrogens (tertiary/aromatic N) is 2. The quantitative estimate of drug-likeness (QED) is 0.579. The third-order valence-electron chi connectivity index (χ3n) is 4.21. The van der Waals surface area contributed by atoms with Crippen LogP contribution in [0.15, 0.2) is 78.0 Å². The molecule has 2 heterocycles. The van der Waals surface area contributed by atoms with Crippen molar-refractivity contribution in [3.63, 3.8) is 0 Å². The van der Waals surface area contributed by atoms with Crippen molar-refractivity contribution in [2.45, 2.75) is 16.6 Å². The molecule has 3 aromatic rings. The second-order valence-corrected chi connectivity index (χ2v) is 7.03. The Kier molecular flexibility index (Phi) is 4.39. The summed E-state index contributed by atoms with van der Waals surface area (Å²) in [5, 5.41) is -0.137. The first-order chi connectivity index (χ1) is 12.9. The van der Waals surface area contributed by atoms with E-state index >= 15 is 0 Å². The fourth-order valence-corrected chi connectivity index (χ4v) is 4.19. The molecule has 0 saturated heterocycles. The van der Waals surface area contributed by atoms with Gasteiger partial charge in [0.05, 0.1) is 11.1 Å². The highest BCUT2D eigenvalue weighted by atomic mass is 32.2. The number of pyridine rings is 1. The highest BCUT2D eigenvalue weighted by Gasteiger charge is 2.37. The van der Waals surface area contributed by atoms with Gasteiger partial charge in [0.15, 0.2) is 0 Å². The van der Waals surface area contributed by atoms with Crippen molar-refractivity contribution in [2.75, 3.05) is 4.90 Å². The van der Waals surface area contributed by atoms with Crippen LogP contribution >= 0.6 is 11.8 Å². The summed E-state index contributed by atoms with van der Waals surface area (Å²) >= 11 is 1.26. The van der Waals surface area contributed by atoms with Gasteiger partial charge < -0.3 is 0 Å². The SMILES string of the molecule is O=C1c2cccnc2SC(c2cccc(C(F)(F)F)c2)N1c1ccccc1. The van der Waals surface area contributed by atoms with Gasteiger partial charge in [-0.1, -0.05) is 42.1 Å². The Morgan fingerprint density at radius 3 is 2.48 bits per heavy atom. The van der Waals surface area contributed by atoms with E-state index in [1.165, 1.54) is 22.7 Å². The van der Waals surface area contributed by atoms with E-state index in [1.807, 2.05) is 6.07 Å². The van der Waals surface area contributed by atoms with Gasteiger partial charge in [0.2, 0.25) is 0 Å². The standard InChI is InChI=1S/C20H13F3N2OS/c21-20(22,23)14-7-4-6-13(12-14)19-25(15-8-2-1-3-9-15)18(26)16-10-5-11-24-17(16)27-19/h1-12,19H. The van der Waals surface area contributed by atoms with E-state index in [-0.39, 0.29) is 5.91 Å². The number of hydrogen-bond donors (Lipinski definition) is 0. The van der Waals surface area contributed by atoms with Crippen LogP contribution in [-0.4, -0.2) is 10.9 Å². The molecule has 1 aromatic heterocycles. The Morgan fingerprint density at radius 2 is 1.74 bits per heavy atom. The molecule has 1 atom stereocenters. The Balaban J connectivity index is 1.86. The number of aromatic nitrogens is 1. The molecule has 0 N–H and O–H groups in total. The van der Waals surface area contributed by atoms with Gasteiger partial charge in [0, 0.05) is 11.9 Å². The van der Waals surface area contributed by atoms with Crippen LogP contribution in [0.4, 0.5) is 18.9 Å². The third-order valence-corrected chi connectivity index (χ3v) is 5.47. The molecule has 0 saturated carbocycles. The lowest BCUT2D eigenvalue weighted by Gasteiger charge is -2.36. The largest absolute Gasteiger partial charge is 0.416 e. The minimum Gasteiger partial charge on any atom is -0.291 e. The molecule has 0 aliphatic carbocycles. The van der Waals surface area contributed by atoms with Crippen LogP contribution in [-0.2, 0) is 6.18 Å². The Labute approximate surface area is 157 Å². The predicted octanol–water partition coefficient (Wildman–Crippen LogP) is 5.55. The molecule has 0 radical (unpaired) electrons. The van der Waals surface area contributed by atoms with Crippen LogP contribution in [0, 0.1) is 0 Å². The van der Waals surface area contributed by atoms with Gasteiger partial charge in [-0.25, -0.2) is 4.98 Å². The summed E-state index contributed by atoms with van der Waals surface area (Å²) in [7, 11) is 0. The molecular formula is C20H13F3N2OS. The van der Waals surface area contributed by atoms with E-state index in [0.29, 0.717) is 21.8 Å². The topological polar surface area (TPSA) is 33.2 Å². The number of halogens is 3. The summed E-state index contributed by atoms with van der Waals surface area (Å²) < 4.78 is 39.5. The predicted molar refractivity (Wildman–Crippen MR) is 97.5 cm³/mol. The zero-order valence-electron chi connectivity index (χ0n) is 13.9. The van der Waals surface area contributed by atoms with Gasteiger partial charge in [0.1, 0.15) is 10.4 Å². The zero-order valence-corrected chi connectivity index (χ0v) is 14.7. The van der Waals surface area contributed by atoms with E-state index < -0.39 is 17.1 Å². The summed E-state index contributed by atoms with van der Waals surface area (Å²) in [4.78, 5) is 18.9. The number of rotatable bonds is 2. The lowest BCUT2D eigenvalue weighted by atomic mass is 10.1. The van der Waals surface area contributed by atoms with Crippen molar-refractivity contribution >= 4 is 23.4 Å². The Morgan fingerprint density at radius 1 is 0.963 bits per heavy atom. The molecule has 1 amide bonds. The number of benzene rings is 2. The van der Waals surface area contributed by atoms with Gasteiger partial charge in [-0.2, -0.15) is 13.2 Å². The maximum atomic E-state index is 13.2. The maximum absolute atomic E-state index is 13.2. The van der Waals surface area contributed by atoms with E-state index in [4.69, 9.17) is 0 Å². The Hall–Kier alpha value is -2.80. The molecule has 27 heavy (non-hydrogen) atoms. The molecular weight excluding hydrogens is 373 g/mol. The highest BCUT2D eigenvalue weighted by Crippen LogP contribution is 2.46. The Bertz CT molecular complexity index is 992. The molecule has 2 aromatic carbocycles. The number of hydrogen-bond acceptors (Lipinski definition) is 3. The molecule has 1 aliphatic rings. The van der Waals surface area contributed by atoms with Crippen molar-refractivity contribution < 1.29 is 18.0 Å². The summed E-state index contributed by atoms with van der Waals surface area (Å²) in [6.07, 6.45) is -2.88. The van der Waals surface area contributed by atoms with Gasteiger partial charge in [-0.15, -0.1) is 0 Å². The first kappa shape index (κ1) is 17.6. The summed E-state index contributed by atoms with van der Waals surface area (Å²) in [6.45, 7) is 0. The fraction of sp³-hybridized carbons (Fsp3) is 0.100. The third kappa shape index (κ3) is 3.30. The molecule has 0 bridgehead atoms. The van der Waals surface area contributed by atoms with Crippen molar-refractivity contribution in [2.24, 2.45) is 0 Å². The molecule has 1 unspecified atom stereocenters. The molecule has 3 nitrogen and oxygen atoms in total. The number of thioether (sulfide) groups is 1. The van der Waals surface area contributed by atoms with Crippen LogP contribution in [0.5, 0.6) is 0 Å². The number of anilines is 1. The number of para-hydroxylation sites is 1. The first-order valence-electron chi connectivity index (χ1n) is 8.12. The molecule has 7 heteroatoms. The normalized spacial score (nSPS) is 16.9. The number of amides is 1. The van der Waals surface area contributed by atoms with Crippen molar-refractivity contribution in [3.05, 3.63) is 89.6 Å². The number of carbonyl (C=O) groups is 1. The van der Waals surface area contributed by atoms with Gasteiger partial charge in [0.25, 0.3) is 5.91 Å². The average molecular weight is 386 g/mol. The van der Waals surface area contributed by atoms with Crippen LogP contribution in [0.2, 0.25) is 0 Å². The smallest absolute Gasteiger partial charge is 0.291 e. The van der Waals surface area contributed by atoms with E-state index in [9.17, 15) is 18.0 Å². The minimum absolute atomic E-state index is 0.287. The van der Waals surface area contributed by atoms with Gasteiger partial charge >= 0.3 is 6.18 Å². The molecule has 136 valence electrons. The van der Waals surface area contributed by atoms with Gasteiger partial charge in [-0.3, -0.25) is 9.69 Å². The maximum Gasteiger partial charge on any atom is 0.416 e. The summed E-state index contributed by atoms with van der Waals surface area (Å²) in [5.41, 5.74) is 0.706. The first-order valence-corrected chi connectivity index (χ1v) is 9.00. The van der Waals surface area contributed by atoms with Crippen LogP contribution in [0.1, 0.15) is 26.9 Å². The van der Waals surface area contributed by atoms with Gasteiger partial charge in [-0.05, 0) is 42.0 Å². The molecule has 0 fully saturated rings. The monoisotopic (exact) mass is 386 g/mol. The van der Waals surface area contributed by atoms with Crippen LogP contribution in [0.25, 0.3) is 0 Å². The number of fused-ring (bicyclic) bond motifs is 1. The van der Waals surface area contributed by atoms with E-state index in [0.717, 1.165) is 12.1 Å². The van der Waals surface area contributed by atoms with Crippen molar-refractivity contribution in [1.82, 2.24) is 4.98 Å². The number of carbonyl (C=O) groups excluding carboxylic acids is 1. The second-order valence-electron chi connectivity index (χ2n) is 5.96. The number of alkyl halides is 3. The lowest BCUT2D eigenvalue weighted by molar-refractivity contribution is -0.137. The van der Waals surface area contributed by atoms with Crippen molar-refractivity contribution in [3.8, 4) is 0 Å². The fourth-order valence-electron chi connectivity index (χ4n) is 2.97. The molecule has 4 rings (SSSR count). The van der Waals surface area contributed by atoms with E-state index in [1.54, 1.807) is 48.7 Å². The van der Waals surface area contributed by atoms with Crippen molar-refractivity contribution in [1.29, 1.82) is 0 Å². The second kappa shape index (κ2) is 6.74. The lowest BCUT2D eigenvalue weighted by Crippen LogP contribution is -2.37. The molecule has 0 spiro atoms. The summed E-state index contributed by atoms with van der Waals surface area (Å²) in [6, 6.07) is 17.4. The molecule has 1 aliphatic heterocycles. The average Bonchev–Trinajstić information content (AvgIpc) is 2.68. The highest BCUT2D eigenvalue weighted by molar-refractivity contribution is 7.99. The van der Waals surface area contributed by atoms with Crippen LogP contribution < -0.4 is 4.90 Å². The zero-order chi connectivity index (χ0) is 19.0. The van der Waals surface area contributed by atoms with Crippen LogP contribution in [0.3, 0.4) is 0 Å². The summed E-state index contributed by atoms with van der Waals surface area (Å²) in [5.74, 6) is -0.287. The minimum atomic E-state index is -4.45.